The van der Waals surface area contributed by atoms with Gasteiger partial charge >= 0.3 is 10.2 Å². The number of hydrogen-bond donors (Lipinski definition) is 0. The van der Waals surface area contributed by atoms with Crippen molar-refractivity contribution in [1.82, 2.24) is 0 Å². The van der Waals surface area contributed by atoms with Crippen LogP contribution >= 0.6 is 46.1 Å². The lowest BCUT2D eigenvalue weighted by molar-refractivity contribution is 0.554. The van der Waals surface area contributed by atoms with Crippen molar-refractivity contribution < 1.29 is 12.3 Å². The van der Waals surface area contributed by atoms with Crippen LogP contribution in [0, 0.1) is 0 Å². The fourth-order valence-electron chi connectivity index (χ4n) is 0.504. The molecule has 0 amide bonds. The zero-order chi connectivity index (χ0) is 9.52. The van der Waals surface area contributed by atoms with Gasteiger partial charge in [-0.05, 0) is 0 Å². The van der Waals surface area contributed by atoms with Crippen LogP contribution in [0.2, 0.25) is 14.4 Å². The maximum atomic E-state index is 12.4. The van der Waals surface area contributed by atoms with Crippen molar-refractivity contribution >= 4 is 56.4 Å². The number of hydrogen-bond acceptors (Lipinski definition) is 3. The molecule has 0 saturated heterocycles. The van der Waals surface area contributed by atoms with Crippen LogP contribution in [0.1, 0.15) is 0 Å². The second-order valence-corrected chi connectivity index (χ2v) is 5.65. The molecule has 0 atom stereocenters. The van der Waals surface area contributed by atoms with E-state index in [4.69, 9.17) is 34.8 Å². The SMILES string of the molecule is O=S(=O)(F)c1sc(Cl)c(Cl)c1Cl. The van der Waals surface area contributed by atoms with Crippen molar-refractivity contribution in [1.29, 1.82) is 0 Å². The Kier molecular flexibility index (Phi) is 2.90. The highest BCUT2D eigenvalue weighted by atomic mass is 35.5. The minimum Gasteiger partial charge on any atom is -0.188 e. The third-order valence-corrected chi connectivity index (χ3v) is 4.92. The summed E-state index contributed by atoms with van der Waals surface area (Å²) in [6, 6.07) is 0. The van der Waals surface area contributed by atoms with Crippen LogP contribution in [0.3, 0.4) is 0 Å². The van der Waals surface area contributed by atoms with E-state index in [0.717, 1.165) is 0 Å². The van der Waals surface area contributed by atoms with Crippen LogP contribution in [0.4, 0.5) is 3.89 Å². The largest absolute Gasteiger partial charge is 0.343 e. The van der Waals surface area contributed by atoms with Gasteiger partial charge in [0, 0.05) is 0 Å². The Labute approximate surface area is 87.1 Å². The third-order valence-electron chi connectivity index (χ3n) is 0.948. The Hall–Kier alpha value is 0.450. The minimum atomic E-state index is -4.82. The Balaban J connectivity index is 3.48. The first kappa shape index (κ1) is 10.5. The van der Waals surface area contributed by atoms with Gasteiger partial charge < -0.3 is 0 Å². The number of rotatable bonds is 1. The quantitative estimate of drug-likeness (QED) is 0.733. The van der Waals surface area contributed by atoms with Gasteiger partial charge in [-0.3, -0.25) is 0 Å². The van der Waals surface area contributed by atoms with E-state index in [1.807, 2.05) is 0 Å². The number of thiophene rings is 1. The Bertz CT molecular complexity index is 410. The van der Waals surface area contributed by atoms with Crippen LogP contribution in [-0.2, 0) is 10.2 Å². The van der Waals surface area contributed by atoms with Gasteiger partial charge in [0.15, 0.2) is 4.21 Å². The molecule has 0 saturated carbocycles. The van der Waals surface area contributed by atoms with E-state index >= 15 is 0 Å². The molecule has 0 fully saturated rings. The zero-order valence-corrected chi connectivity index (χ0v) is 9.05. The van der Waals surface area contributed by atoms with Gasteiger partial charge in [0.2, 0.25) is 0 Å². The normalized spacial score (nSPS) is 12.0. The van der Waals surface area contributed by atoms with Crippen LogP contribution in [0.25, 0.3) is 0 Å². The lowest BCUT2D eigenvalue weighted by Crippen LogP contribution is -1.87. The lowest BCUT2D eigenvalue weighted by Gasteiger charge is -1.87. The fraction of sp³-hybridized carbons (Fsp3) is 0. The van der Waals surface area contributed by atoms with Crippen molar-refractivity contribution in [2.75, 3.05) is 0 Å². The molecule has 68 valence electrons. The van der Waals surface area contributed by atoms with Gasteiger partial charge in [0.05, 0.1) is 10.0 Å². The summed E-state index contributed by atoms with van der Waals surface area (Å²) in [7, 11) is -4.82. The highest BCUT2D eigenvalue weighted by Crippen LogP contribution is 2.43. The van der Waals surface area contributed by atoms with Gasteiger partial charge in [0.1, 0.15) is 4.34 Å². The first-order valence-electron chi connectivity index (χ1n) is 2.42. The molecule has 0 N–H and O–H groups in total. The van der Waals surface area contributed by atoms with E-state index in [1.54, 1.807) is 0 Å². The molecule has 0 radical (unpaired) electrons. The first-order chi connectivity index (χ1) is 5.34. The molecule has 1 rings (SSSR count). The van der Waals surface area contributed by atoms with Crippen molar-refractivity contribution in [2.24, 2.45) is 0 Å². The van der Waals surface area contributed by atoms with Crippen LogP contribution in [-0.4, -0.2) is 8.42 Å². The van der Waals surface area contributed by atoms with Gasteiger partial charge in [-0.15, -0.1) is 11.3 Å². The molecular formula is C4Cl3FO2S2. The van der Waals surface area contributed by atoms with Crippen molar-refractivity contribution in [3.8, 4) is 0 Å². The molecule has 0 spiro atoms. The fourth-order valence-corrected chi connectivity index (χ4v) is 3.39. The molecule has 1 heterocycles. The van der Waals surface area contributed by atoms with E-state index in [2.05, 4.69) is 0 Å². The van der Waals surface area contributed by atoms with Crippen molar-refractivity contribution in [2.45, 2.75) is 4.21 Å². The van der Waals surface area contributed by atoms with E-state index in [1.165, 1.54) is 0 Å². The summed E-state index contributed by atoms with van der Waals surface area (Å²) in [6.07, 6.45) is 0. The van der Waals surface area contributed by atoms with Crippen LogP contribution < -0.4 is 0 Å². The van der Waals surface area contributed by atoms with Crippen molar-refractivity contribution in [3.63, 3.8) is 0 Å². The molecule has 2 nitrogen and oxygen atoms in total. The smallest absolute Gasteiger partial charge is 0.188 e. The summed E-state index contributed by atoms with van der Waals surface area (Å²) >= 11 is 16.7. The predicted octanol–water partition coefficient (Wildman–Crippen LogP) is 3.37. The molecule has 0 bridgehead atoms. The van der Waals surface area contributed by atoms with E-state index < -0.39 is 14.4 Å². The predicted molar refractivity (Wildman–Crippen MR) is 47.6 cm³/mol. The molecule has 0 aliphatic rings. The maximum Gasteiger partial charge on any atom is 0.343 e. The van der Waals surface area contributed by atoms with Gasteiger partial charge in [0.25, 0.3) is 0 Å². The molecule has 1 aromatic heterocycles. The topological polar surface area (TPSA) is 34.1 Å². The highest BCUT2D eigenvalue weighted by molar-refractivity contribution is 7.88. The van der Waals surface area contributed by atoms with E-state index in [-0.39, 0.29) is 14.4 Å². The Morgan fingerprint density at radius 2 is 1.67 bits per heavy atom. The first-order valence-corrected chi connectivity index (χ1v) is 5.75. The zero-order valence-electron chi connectivity index (χ0n) is 5.14. The monoisotopic (exact) mass is 268 g/mol. The van der Waals surface area contributed by atoms with Crippen molar-refractivity contribution in [3.05, 3.63) is 14.4 Å². The Morgan fingerprint density at radius 1 is 1.17 bits per heavy atom. The average molecular weight is 270 g/mol. The molecular weight excluding hydrogens is 270 g/mol. The highest BCUT2D eigenvalue weighted by Gasteiger charge is 2.24. The van der Waals surface area contributed by atoms with Gasteiger partial charge in [-0.2, -0.15) is 8.42 Å². The summed E-state index contributed by atoms with van der Waals surface area (Å²) < 4.78 is 32.4. The summed E-state index contributed by atoms with van der Waals surface area (Å²) in [5, 5.41) is -0.506. The molecule has 0 unspecified atom stereocenters. The summed E-state index contributed by atoms with van der Waals surface area (Å²) in [5.41, 5.74) is 0. The second kappa shape index (κ2) is 3.31. The van der Waals surface area contributed by atoms with E-state index in [9.17, 15) is 12.3 Å². The lowest BCUT2D eigenvalue weighted by atomic mass is 10.6. The molecule has 8 heteroatoms. The van der Waals surface area contributed by atoms with Crippen LogP contribution in [0.15, 0.2) is 4.21 Å². The Morgan fingerprint density at radius 3 is 1.83 bits per heavy atom. The molecule has 0 aliphatic heterocycles. The maximum absolute atomic E-state index is 12.4. The molecule has 0 aliphatic carbocycles. The van der Waals surface area contributed by atoms with Crippen LogP contribution in [0.5, 0.6) is 0 Å². The standard InChI is InChI=1S/C4Cl3FO2S2/c5-1-2(6)4(11-3(1)7)12(8,9)10. The van der Waals surface area contributed by atoms with E-state index in [0.29, 0.717) is 11.3 Å². The van der Waals surface area contributed by atoms with Gasteiger partial charge in [-0.25, -0.2) is 0 Å². The summed E-state index contributed by atoms with van der Waals surface area (Å²) in [6.45, 7) is 0. The molecule has 1 aromatic rings. The average Bonchev–Trinajstić information content (AvgIpc) is 2.15. The summed E-state index contributed by atoms with van der Waals surface area (Å²) in [5.74, 6) is 0. The number of halogens is 4. The van der Waals surface area contributed by atoms with Gasteiger partial charge in [-0.1, -0.05) is 38.7 Å². The summed E-state index contributed by atoms with van der Waals surface area (Å²) in [4.78, 5) is 0. The third kappa shape index (κ3) is 1.85. The second-order valence-electron chi connectivity index (χ2n) is 1.73. The molecule has 0 aromatic carbocycles. The minimum absolute atomic E-state index is 0.0436. The molecule has 12 heavy (non-hydrogen) atoms.